The zero-order valence-corrected chi connectivity index (χ0v) is 15.1. The van der Waals surface area contributed by atoms with Crippen LogP contribution in [0.3, 0.4) is 0 Å². The fraction of sp³-hybridized carbons (Fsp3) is 1.00. The molecule has 2 fully saturated rings. The van der Waals surface area contributed by atoms with E-state index in [1.165, 1.54) is 58.3 Å². The van der Waals surface area contributed by atoms with E-state index in [0.29, 0.717) is 11.5 Å². The molecule has 2 heteroatoms. The molecule has 0 bridgehead atoms. The standard InChI is InChI=1S/C19H38N2/c1-6-11-20-18-17(8-7-10-19(18,4)5)14-21-12-9-15(2)16(3)13-21/h15-18,20H,6-14H2,1-5H3. The summed E-state index contributed by atoms with van der Waals surface area (Å²) in [5, 5.41) is 3.89. The van der Waals surface area contributed by atoms with Gasteiger partial charge in [-0.25, -0.2) is 0 Å². The highest BCUT2D eigenvalue weighted by Crippen LogP contribution is 2.39. The van der Waals surface area contributed by atoms with Crippen LogP contribution in [-0.4, -0.2) is 37.1 Å². The maximum absolute atomic E-state index is 3.89. The molecule has 2 rings (SSSR count). The van der Waals surface area contributed by atoms with Crippen molar-refractivity contribution in [3.8, 4) is 0 Å². The summed E-state index contributed by atoms with van der Waals surface area (Å²) in [7, 11) is 0. The lowest BCUT2D eigenvalue weighted by Gasteiger charge is -2.47. The monoisotopic (exact) mass is 294 g/mol. The van der Waals surface area contributed by atoms with Gasteiger partial charge in [-0.05, 0) is 61.9 Å². The van der Waals surface area contributed by atoms with Crippen LogP contribution in [0.5, 0.6) is 0 Å². The molecule has 4 unspecified atom stereocenters. The highest BCUT2D eigenvalue weighted by atomic mass is 15.1. The lowest BCUT2D eigenvalue weighted by atomic mass is 9.67. The first-order chi connectivity index (χ1) is 9.94. The van der Waals surface area contributed by atoms with Gasteiger partial charge in [0.1, 0.15) is 0 Å². The Morgan fingerprint density at radius 3 is 2.57 bits per heavy atom. The fourth-order valence-corrected chi connectivity index (χ4v) is 4.57. The van der Waals surface area contributed by atoms with Crippen LogP contribution in [0.25, 0.3) is 0 Å². The third-order valence-corrected chi connectivity index (χ3v) is 6.23. The Balaban J connectivity index is 1.95. The van der Waals surface area contributed by atoms with Crippen molar-refractivity contribution in [3.05, 3.63) is 0 Å². The molecule has 1 saturated carbocycles. The molecule has 21 heavy (non-hydrogen) atoms. The number of hydrogen-bond donors (Lipinski definition) is 1. The van der Waals surface area contributed by atoms with Crippen molar-refractivity contribution in [1.29, 1.82) is 0 Å². The summed E-state index contributed by atoms with van der Waals surface area (Å²) in [6, 6.07) is 0.709. The maximum Gasteiger partial charge on any atom is 0.0159 e. The first-order valence-corrected chi connectivity index (χ1v) is 9.39. The Morgan fingerprint density at radius 1 is 1.14 bits per heavy atom. The van der Waals surface area contributed by atoms with E-state index in [1.807, 2.05) is 0 Å². The Kier molecular flexibility index (Phi) is 6.14. The van der Waals surface area contributed by atoms with Crippen LogP contribution in [0.1, 0.15) is 66.7 Å². The van der Waals surface area contributed by atoms with Gasteiger partial charge in [0.15, 0.2) is 0 Å². The summed E-state index contributed by atoms with van der Waals surface area (Å²) in [4.78, 5) is 2.76. The van der Waals surface area contributed by atoms with Gasteiger partial charge in [-0.15, -0.1) is 0 Å². The van der Waals surface area contributed by atoms with Gasteiger partial charge in [0.25, 0.3) is 0 Å². The molecule has 124 valence electrons. The molecule has 2 nitrogen and oxygen atoms in total. The minimum absolute atomic E-state index is 0.465. The average molecular weight is 295 g/mol. The molecule has 1 aliphatic heterocycles. The molecule has 0 aromatic carbocycles. The Labute approximate surface area is 133 Å². The summed E-state index contributed by atoms with van der Waals surface area (Å²) >= 11 is 0. The molecule has 1 N–H and O–H groups in total. The van der Waals surface area contributed by atoms with Crippen molar-refractivity contribution >= 4 is 0 Å². The van der Waals surface area contributed by atoms with Crippen LogP contribution >= 0.6 is 0 Å². The van der Waals surface area contributed by atoms with Gasteiger partial charge in [0.2, 0.25) is 0 Å². The summed E-state index contributed by atoms with van der Waals surface area (Å²) in [5.41, 5.74) is 0.465. The number of rotatable bonds is 5. The van der Waals surface area contributed by atoms with Crippen molar-refractivity contribution in [3.63, 3.8) is 0 Å². The highest BCUT2D eigenvalue weighted by molar-refractivity contribution is 4.95. The van der Waals surface area contributed by atoms with Gasteiger partial charge in [0.05, 0.1) is 0 Å². The SMILES string of the molecule is CCCNC1C(CN2CCC(C)C(C)C2)CCCC1(C)C. The summed E-state index contributed by atoms with van der Waals surface area (Å²) in [6.07, 6.45) is 6.87. The Hall–Kier alpha value is -0.0800. The second-order valence-corrected chi connectivity index (χ2v) is 8.58. The Morgan fingerprint density at radius 2 is 1.90 bits per heavy atom. The molecular weight excluding hydrogens is 256 g/mol. The molecule has 0 aromatic rings. The van der Waals surface area contributed by atoms with Crippen LogP contribution in [0.2, 0.25) is 0 Å². The van der Waals surface area contributed by atoms with Crippen LogP contribution in [-0.2, 0) is 0 Å². The predicted octanol–water partition coefficient (Wildman–Crippen LogP) is 4.16. The topological polar surface area (TPSA) is 15.3 Å². The van der Waals surface area contributed by atoms with E-state index in [9.17, 15) is 0 Å². The van der Waals surface area contributed by atoms with Gasteiger partial charge in [0, 0.05) is 19.1 Å². The normalized spacial score (nSPS) is 37.6. The van der Waals surface area contributed by atoms with Gasteiger partial charge < -0.3 is 10.2 Å². The number of nitrogens with one attached hydrogen (secondary N) is 1. The van der Waals surface area contributed by atoms with E-state index in [4.69, 9.17) is 0 Å². The van der Waals surface area contributed by atoms with Crippen molar-refractivity contribution in [2.75, 3.05) is 26.2 Å². The Bertz CT molecular complexity index is 313. The van der Waals surface area contributed by atoms with E-state index < -0.39 is 0 Å². The lowest BCUT2D eigenvalue weighted by Crippen LogP contribution is -2.54. The highest BCUT2D eigenvalue weighted by Gasteiger charge is 2.39. The smallest absolute Gasteiger partial charge is 0.0159 e. The van der Waals surface area contributed by atoms with Crippen LogP contribution in [0.15, 0.2) is 0 Å². The van der Waals surface area contributed by atoms with Crippen molar-refractivity contribution in [2.45, 2.75) is 72.8 Å². The number of hydrogen-bond acceptors (Lipinski definition) is 2. The van der Waals surface area contributed by atoms with Gasteiger partial charge >= 0.3 is 0 Å². The summed E-state index contributed by atoms with van der Waals surface area (Å²) in [5.74, 6) is 2.64. The average Bonchev–Trinajstić information content (AvgIpc) is 2.42. The lowest BCUT2D eigenvalue weighted by molar-refractivity contribution is 0.0554. The minimum atomic E-state index is 0.465. The molecule has 1 aliphatic carbocycles. The zero-order chi connectivity index (χ0) is 15.5. The molecule has 0 radical (unpaired) electrons. The summed E-state index contributed by atoms with van der Waals surface area (Å²) < 4.78 is 0. The minimum Gasteiger partial charge on any atom is -0.313 e. The van der Waals surface area contributed by atoms with E-state index in [2.05, 4.69) is 44.8 Å². The molecule has 1 saturated heterocycles. The van der Waals surface area contributed by atoms with E-state index >= 15 is 0 Å². The van der Waals surface area contributed by atoms with Gasteiger partial charge in [-0.2, -0.15) is 0 Å². The zero-order valence-electron chi connectivity index (χ0n) is 15.1. The number of piperidine rings is 1. The largest absolute Gasteiger partial charge is 0.313 e. The van der Waals surface area contributed by atoms with Crippen molar-refractivity contribution in [2.24, 2.45) is 23.2 Å². The molecule has 0 aromatic heterocycles. The van der Waals surface area contributed by atoms with Crippen molar-refractivity contribution < 1.29 is 0 Å². The quantitative estimate of drug-likeness (QED) is 0.819. The van der Waals surface area contributed by atoms with Gasteiger partial charge in [-0.1, -0.05) is 41.0 Å². The maximum atomic E-state index is 3.89. The van der Waals surface area contributed by atoms with Gasteiger partial charge in [-0.3, -0.25) is 0 Å². The first kappa shape index (κ1) is 17.3. The second-order valence-electron chi connectivity index (χ2n) is 8.58. The second kappa shape index (κ2) is 7.46. The first-order valence-electron chi connectivity index (χ1n) is 9.39. The molecule has 2 aliphatic rings. The third kappa shape index (κ3) is 4.45. The molecule has 1 heterocycles. The van der Waals surface area contributed by atoms with Crippen molar-refractivity contribution in [1.82, 2.24) is 10.2 Å². The number of likely N-dealkylation sites (tertiary alicyclic amines) is 1. The van der Waals surface area contributed by atoms with Crippen LogP contribution in [0, 0.1) is 23.2 Å². The van der Waals surface area contributed by atoms with E-state index in [1.54, 1.807) is 0 Å². The predicted molar refractivity (Wildman–Crippen MR) is 92.6 cm³/mol. The number of nitrogens with zero attached hydrogens (tertiary/aromatic N) is 1. The molecule has 0 spiro atoms. The molecule has 0 amide bonds. The molecular formula is C19H38N2. The summed E-state index contributed by atoms with van der Waals surface area (Å²) in [6.45, 7) is 17.2. The van der Waals surface area contributed by atoms with Crippen LogP contribution in [0.4, 0.5) is 0 Å². The van der Waals surface area contributed by atoms with Crippen LogP contribution < -0.4 is 5.32 Å². The van der Waals surface area contributed by atoms with E-state index in [0.717, 1.165) is 17.8 Å². The van der Waals surface area contributed by atoms with E-state index in [-0.39, 0.29) is 0 Å². The molecule has 4 atom stereocenters. The fourth-order valence-electron chi connectivity index (χ4n) is 4.57. The third-order valence-electron chi connectivity index (χ3n) is 6.23.